The fraction of sp³-hybridized carbons (Fsp3) is 0.200. The predicted molar refractivity (Wildman–Crippen MR) is 76.1 cm³/mol. The Hall–Kier alpha value is -2.61. The molecule has 2 rings (SSSR count). The van der Waals surface area contributed by atoms with Crippen molar-refractivity contribution < 1.29 is 9.13 Å². The van der Waals surface area contributed by atoms with Crippen molar-refractivity contribution in [2.24, 2.45) is 4.99 Å². The van der Waals surface area contributed by atoms with E-state index in [1.165, 1.54) is 7.11 Å². The van der Waals surface area contributed by atoms with E-state index in [4.69, 9.17) is 10.00 Å². The van der Waals surface area contributed by atoms with Gasteiger partial charge in [0.25, 0.3) is 0 Å². The number of rotatable bonds is 2. The molecule has 20 heavy (non-hydrogen) atoms. The van der Waals surface area contributed by atoms with Crippen LogP contribution in [0.2, 0.25) is 0 Å². The van der Waals surface area contributed by atoms with E-state index in [2.05, 4.69) is 16.4 Å². The van der Waals surface area contributed by atoms with Crippen LogP contribution < -0.4 is 5.32 Å². The summed E-state index contributed by atoms with van der Waals surface area (Å²) in [4.78, 5) is 3.96. The van der Waals surface area contributed by atoms with E-state index < -0.39 is 5.83 Å². The van der Waals surface area contributed by atoms with Crippen LogP contribution in [0.1, 0.15) is 11.1 Å². The smallest absolute Gasteiger partial charge is 0.248 e. The Morgan fingerprint density at radius 2 is 2.25 bits per heavy atom. The van der Waals surface area contributed by atoms with Crippen molar-refractivity contribution in [1.82, 2.24) is 0 Å². The number of nitrogens with zero attached hydrogens (tertiary/aromatic N) is 2. The quantitative estimate of drug-likeness (QED) is 0.899. The first-order valence-corrected chi connectivity index (χ1v) is 6.08. The maximum absolute atomic E-state index is 14.2. The normalized spacial score (nSPS) is 14.4. The summed E-state index contributed by atoms with van der Waals surface area (Å²) in [5, 5.41) is 11.8. The van der Waals surface area contributed by atoms with Crippen molar-refractivity contribution in [3.05, 3.63) is 53.0 Å². The first-order valence-electron chi connectivity index (χ1n) is 6.08. The number of anilines is 1. The second-order valence-electron chi connectivity index (χ2n) is 4.25. The zero-order valence-corrected chi connectivity index (χ0v) is 11.3. The van der Waals surface area contributed by atoms with E-state index in [-0.39, 0.29) is 11.6 Å². The summed E-state index contributed by atoms with van der Waals surface area (Å²) in [5.74, 6) is -0.561. The molecule has 0 aliphatic carbocycles. The largest absolute Gasteiger partial charge is 0.479 e. The minimum atomic E-state index is -0.537. The summed E-state index contributed by atoms with van der Waals surface area (Å²) in [5.41, 5.74) is 2.45. The molecule has 1 aromatic rings. The lowest BCUT2D eigenvalue weighted by atomic mass is 10.1. The number of benzene rings is 1. The first-order chi connectivity index (χ1) is 9.65. The lowest BCUT2D eigenvalue weighted by molar-refractivity contribution is 0.388. The minimum absolute atomic E-state index is 0.0243. The Bertz CT molecular complexity index is 654. The Morgan fingerprint density at radius 1 is 1.45 bits per heavy atom. The maximum Gasteiger partial charge on any atom is 0.248 e. The Labute approximate surface area is 116 Å². The zero-order chi connectivity index (χ0) is 14.5. The molecule has 1 aliphatic heterocycles. The predicted octanol–water partition coefficient (Wildman–Crippen LogP) is 3.07. The highest BCUT2D eigenvalue weighted by atomic mass is 19.1. The van der Waals surface area contributed by atoms with Crippen molar-refractivity contribution in [2.45, 2.75) is 6.92 Å². The van der Waals surface area contributed by atoms with E-state index in [0.717, 1.165) is 11.3 Å². The number of hydrogen-bond acceptors (Lipinski definition) is 4. The average Bonchev–Trinajstić information content (AvgIpc) is 2.63. The monoisotopic (exact) mass is 271 g/mol. The second kappa shape index (κ2) is 6.02. The highest BCUT2D eigenvalue weighted by Gasteiger charge is 2.15. The average molecular weight is 271 g/mol. The van der Waals surface area contributed by atoms with Gasteiger partial charge >= 0.3 is 0 Å². The van der Waals surface area contributed by atoms with Crippen molar-refractivity contribution in [2.75, 3.05) is 19.0 Å². The first kappa shape index (κ1) is 13.8. The molecule has 0 saturated heterocycles. The summed E-state index contributed by atoms with van der Waals surface area (Å²) in [6, 6.07) is 7.24. The van der Waals surface area contributed by atoms with Gasteiger partial charge in [-0.25, -0.2) is 4.99 Å². The Kier molecular flexibility index (Phi) is 4.16. The number of nitrogens with one attached hydrogen (secondary N) is 1. The Balaban J connectivity index is 2.34. The minimum Gasteiger partial charge on any atom is -0.479 e. The van der Waals surface area contributed by atoms with Gasteiger partial charge in [0.2, 0.25) is 11.7 Å². The summed E-state index contributed by atoms with van der Waals surface area (Å²) in [7, 11) is 1.38. The third-order valence-corrected chi connectivity index (χ3v) is 2.87. The molecule has 1 heterocycles. The van der Waals surface area contributed by atoms with Crippen LogP contribution in [0.15, 0.2) is 46.9 Å². The van der Waals surface area contributed by atoms with Crippen LogP contribution in [-0.4, -0.2) is 19.6 Å². The summed E-state index contributed by atoms with van der Waals surface area (Å²) in [6.07, 6.45) is 3.37. The number of nitriles is 1. The van der Waals surface area contributed by atoms with E-state index in [0.29, 0.717) is 12.1 Å². The molecule has 0 atom stereocenters. The van der Waals surface area contributed by atoms with Gasteiger partial charge in [0, 0.05) is 5.69 Å². The van der Waals surface area contributed by atoms with Crippen LogP contribution in [0.5, 0.6) is 0 Å². The molecule has 1 N–H and O–H groups in total. The van der Waals surface area contributed by atoms with Gasteiger partial charge in [0.15, 0.2) is 0 Å². The molecule has 0 aromatic heterocycles. The topological polar surface area (TPSA) is 57.4 Å². The molecule has 5 heteroatoms. The van der Waals surface area contributed by atoms with Crippen molar-refractivity contribution >= 4 is 11.6 Å². The number of allylic oxidation sites excluding steroid dienone is 1. The standard InChI is InChI=1S/C15H14FN3O/c1-10-8-11(9-17)5-6-12(10)19-13-4-3-7-18-15(20-2)14(13)16/h3-6,8,19H,7H2,1-2H3. The molecule has 1 aromatic carbocycles. The van der Waals surface area contributed by atoms with Crippen molar-refractivity contribution in [3.63, 3.8) is 0 Å². The van der Waals surface area contributed by atoms with Crippen LogP contribution in [-0.2, 0) is 4.74 Å². The molecule has 0 fully saturated rings. The molecule has 4 nitrogen and oxygen atoms in total. The van der Waals surface area contributed by atoms with E-state index in [9.17, 15) is 4.39 Å². The van der Waals surface area contributed by atoms with Crippen molar-refractivity contribution in [3.8, 4) is 6.07 Å². The van der Waals surface area contributed by atoms with Crippen LogP contribution in [0.25, 0.3) is 0 Å². The van der Waals surface area contributed by atoms with Crippen molar-refractivity contribution in [1.29, 1.82) is 5.26 Å². The summed E-state index contributed by atoms with van der Waals surface area (Å²) >= 11 is 0. The van der Waals surface area contributed by atoms with Crippen LogP contribution in [0, 0.1) is 18.3 Å². The van der Waals surface area contributed by atoms with E-state index >= 15 is 0 Å². The van der Waals surface area contributed by atoms with Gasteiger partial charge in [-0.1, -0.05) is 6.08 Å². The van der Waals surface area contributed by atoms with Gasteiger partial charge in [-0.15, -0.1) is 0 Å². The van der Waals surface area contributed by atoms with Gasteiger partial charge in [0.1, 0.15) is 0 Å². The number of ether oxygens (including phenoxy) is 1. The van der Waals surface area contributed by atoms with Crippen LogP contribution in [0.4, 0.5) is 10.1 Å². The summed E-state index contributed by atoms with van der Waals surface area (Å²) < 4.78 is 19.1. The van der Waals surface area contributed by atoms with Gasteiger partial charge in [-0.3, -0.25) is 0 Å². The number of methoxy groups -OCH3 is 1. The lowest BCUT2D eigenvalue weighted by Gasteiger charge is -2.11. The number of aryl methyl sites for hydroxylation is 1. The molecule has 0 unspecified atom stereocenters. The number of hydrogen-bond donors (Lipinski definition) is 1. The molecule has 0 amide bonds. The molecule has 1 aliphatic rings. The molecule has 0 spiro atoms. The lowest BCUT2D eigenvalue weighted by Crippen LogP contribution is -2.08. The fourth-order valence-electron chi connectivity index (χ4n) is 1.83. The fourth-order valence-corrected chi connectivity index (χ4v) is 1.83. The van der Waals surface area contributed by atoms with Crippen LogP contribution in [0.3, 0.4) is 0 Å². The third kappa shape index (κ3) is 2.86. The Morgan fingerprint density at radius 3 is 2.90 bits per heavy atom. The highest BCUT2D eigenvalue weighted by Crippen LogP contribution is 2.22. The van der Waals surface area contributed by atoms with Gasteiger partial charge in [-0.2, -0.15) is 9.65 Å². The number of aliphatic imine (C=N–C) groups is 1. The zero-order valence-electron chi connectivity index (χ0n) is 11.3. The second-order valence-corrected chi connectivity index (χ2v) is 4.25. The molecular weight excluding hydrogens is 257 g/mol. The molecule has 0 bridgehead atoms. The molecule has 0 saturated carbocycles. The molecule has 0 radical (unpaired) electrons. The van der Waals surface area contributed by atoms with Gasteiger partial charge < -0.3 is 10.1 Å². The van der Waals surface area contributed by atoms with Crippen LogP contribution >= 0.6 is 0 Å². The maximum atomic E-state index is 14.2. The summed E-state index contributed by atoms with van der Waals surface area (Å²) in [6.45, 7) is 2.22. The van der Waals surface area contributed by atoms with E-state index in [1.807, 2.05) is 6.92 Å². The highest BCUT2D eigenvalue weighted by molar-refractivity contribution is 5.93. The molecular formula is C15H14FN3O. The van der Waals surface area contributed by atoms with Gasteiger partial charge in [-0.05, 0) is 36.8 Å². The SMILES string of the molecule is COC1=NCC=CC(Nc2ccc(C#N)cc2C)=C1F. The third-order valence-electron chi connectivity index (χ3n) is 2.87. The van der Waals surface area contributed by atoms with E-state index in [1.54, 1.807) is 30.4 Å². The molecule has 102 valence electrons. The number of halogens is 1. The van der Waals surface area contributed by atoms with Gasteiger partial charge in [0.05, 0.1) is 31.0 Å².